The van der Waals surface area contributed by atoms with Crippen LogP contribution in [-0.4, -0.2) is 19.3 Å². The van der Waals surface area contributed by atoms with E-state index in [4.69, 9.17) is 11.6 Å². The van der Waals surface area contributed by atoms with Crippen molar-refractivity contribution in [2.45, 2.75) is 13.5 Å². The van der Waals surface area contributed by atoms with Gasteiger partial charge < -0.3 is 0 Å². The van der Waals surface area contributed by atoms with Crippen LogP contribution in [0.4, 0.5) is 8.78 Å². The lowest BCUT2D eigenvalue weighted by molar-refractivity contribution is 0.0640. The molecule has 0 saturated heterocycles. The highest BCUT2D eigenvalue weighted by molar-refractivity contribution is 6.29. The molecule has 2 aromatic heterocycles. The summed E-state index contributed by atoms with van der Waals surface area (Å²) >= 11 is 5.65. The molecule has 2 rings (SSSR count). The molecular weight excluding hydrogens is 254 g/mol. The Morgan fingerprint density at radius 1 is 1.41 bits per heavy atom. The van der Waals surface area contributed by atoms with Crippen LogP contribution in [0.1, 0.15) is 12.4 Å². The zero-order valence-corrected chi connectivity index (χ0v) is 9.40. The highest BCUT2D eigenvalue weighted by atomic mass is 35.5. The number of alkyl halides is 2. The summed E-state index contributed by atoms with van der Waals surface area (Å²) in [5.41, 5.74) is -0.952. The molecule has 0 saturated carbocycles. The maximum absolute atomic E-state index is 12.6. The fourth-order valence-corrected chi connectivity index (χ4v) is 1.52. The smallest absolute Gasteiger partial charge is 0.245 e. The van der Waals surface area contributed by atoms with Crippen LogP contribution in [0.5, 0.6) is 0 Å². The Labute approximate surface area is 99.3 Å². The first kappa shape index (κ1) is 11.7. The number of rotatable bonds is 2. The van der Waals surface area contributed by atoms with Crippen LogP contribution >= 0.6 is 11.6 Å². The molecule has 90 valence electrons. The van der Waals surface area contributed by atoms with E-state index in [1.165, 1.54) is 19.1 Å². The molecule has 0 N–H and O–H groups in total. The highest BCUT2D eigenvalue weighted by Gasteiger charge is 2.18. The standard InChI is InChI=1S/C9H7ClF2N4O/c1-5-14-16(9(17)15(5)8(11)12)7-4-2-3-6(10)13-7/h2-4,8H,1H3. The van der Waals surface area contributed by atoms with Gasteiger partial charge in [0.25, 0.3) is 0 Å². The van der Waals surface area contributed by atoms with Crippen LogP contribution in [0.3, 0.4) is 0 Å². The molecule has 0 aromatic carbocycles. The van der Waals surface area contributed by atoms with E-state index in [9.17, 15) is 13.6 Å². The van der Waals surface area contributed by atoms with Gasteiger partial charge in [-0.3, -0.25) is 0 Å². The summed E-state index contributed by atoms with van der Waals surface area (Å²) in [5, 5.41) is 3.86. The zero-order chi connectivity index (χ0) is 12.6. The first-order valence-electron chi connectivity index (χ1n) is 4.60. The Morgan fingerprint density at radius 2 is 2.12 bits per heavy atom. The van der Waals surface area contributed by atoms with E-state index in [0.717, 1.165) is 4.68 Å². The Hall–Kier alpha value is -1.76. The molecule has 2 heterocycles. The van der Waals surface area contributed by atoms with Gasteiger partial charge >= 0.3 is 12.2 Å². The topological polar surface area (TPSA) is 52.7 Å². The summed E-state index contributed by atoms with van der Waals surface area (Å²) in [5.74, 6) is 0.0109. The fraction of sp³-hybridized carbons (Fsp3) is 0.222. The van der Waals surface area contributed by atoms with Crippen molar-refractivity contribution in [2.75, 3.05) is 0 Å². The fourth-order valence-electron chi connectivity index (χ4n) is 1.37. The maximum Gasteiger partial charge on any atom is 0.356 e. The third kappa shape index (κ3) is 2.05. The summed E-state index contributed by atoms with van der Waals surface area (Å²) in [6, 6.07) is 4.51. The number of nitrogens with zero attached hydrogens (tertiary/aromatic N) is 4. The van der Waals surface area contributed by atoms with E-state index in [1.54, 1.807) is 6.07 Å². The predicted octanol–water partition coefficient (Wildman–Crippen LogP) is 1.79. The van der Waals surface area contributed by atoms with E-state index >= 15 is 0 Å². The lowest BCUT2D eigenvalue weighted by atomic mass is 10.5. The zero-order valence-electron chi connectivity index (χ0n) is 8.64. The van der Waals surface area contributed by atoms with Gasteiger partial charge in [-0.25, -0.2) is 14.3 Å². The molecule has 0 radical (unpaired) electrons. The van der Waals surface area contributed by atoms with Gasteiger partial charge in [-0.1, -0.05) is 17.7 Å². The Balaban J connectivity index is 2.62. The molecule has 0 amide bonds. The minimum Gasteiger partial charge on any atom is -0.245 e. The molecule has 0 atom stereocenters. The minimum atomic E-state index is -2.93. The summed E-state index contributed by atoms with van der Waals surface area (Å²) in [6.07, 6.45) is 0. The Morgan fingerprint density at radius 3 is 2.65 bits per heavy atom. The van der Waals surface area contributed by atoms with Gasteiger partial charge in [0.2, 0.25) is 0 Å². The monoisotopic (exact) mass is 260 g/mol. The number of hydrogen-bond donors (Lipinski definition) is 0. The largest absolute Gasteiger partial charge is 0.356 e. The summed E-state index contributed by atoms with van der Waals surface area (Å²) in [7, 11) is 0. The Bertz CT molecular complexity index is 607. The molecule has 0 aliphatic carbocycles. The van der Waals surface area contributed by atoms with E-state index in [-0.39, 0.29) is 21.4 Å². The molecule has 0 bridgehead atoms. The molecule has 17 heavy (non-hydrogen) atoms. The first-order valence-corrected chi connectivity index (χ1v) is 4.97. The summed E-state index contributed by atoms with van der Waals surface area (Å²) < 4.78 is 26.2. The van der Waals surface area contributed by atoms with Crippen molar-refractivity contribution in [1.29, 1.82) is 0 Å². The average Bonchev–Trinajstić information content (AvgIpc) is 2.54. The van der Waals surface area contributed by atoms with Crippen LogP contribution < -0.4 is 5.69 Å². The molecule has 0 spiro atoms. The highest BCUT2D eigenvalue weighted by Crippen LogP contribution is 2.11. The minimum absolute atomic E-state index is 0.0909. The SMILES string of the molecule is Cc1nn(-c2cccc(Cl)n2)c(=O)n1C(F)F. The van der Waals surface area contributed by atoms with Crippen molar-refractivity contribution >= 4 is 11.6 Å². The van der Waals surface area contributed by atoms with Gasteiger partial charge in [-0.2, -0.15) is 13.5 Å². The quantitative estimate of drug-likeness (QED) is 0.774. The van der Waals surface area contributed by atoms with E-state index < -0.39 is 12.2 Å². The second kappa shape index (κ2) is 4.25. The maximum atomic E-state index is 12.6. The van der Waals surface area contributed by atoms with Crippen molar-refractivity contribution in [2.24, 2.45) is 0 Å². The molecule has 0 aliphatic rings. The van der Waals surface area contributed by atoms with Gasteiger partial charge in [-0.15, -0.1) is 5.10 Å². The normalized spacial score (nSPS) is 11.1. The van der Waals surface area contributed by atoms with Crippen molar-refractivity contribution in [3.63, 3.8) is 0 Å². The second-order valence-electron chi connectivity index (χ2n) is 3.21. The average molecular weight is 261 g/mol. The molecule has 2 aromatic rings. The Kier molecular flexibility index (Phi) is 2.93. The van der Waals surface area contributed by atoms with Gasteiger partial charge in [0.1, 0.15) is 11.0 Å². The van der Waals surface area contributed by atoms with Crippen molar-refractivity contribution in [3.05, 3.63) is 39.7 Å². The summed E-state index contributed by atoms with van der Waals surface area (Å²) in [6.45, 7) is -1.62. The molecule has 8 heteroatoms. The van der Waals surface area contributed by atoms with Gasteiger partial charge in [0.15, 0.2) is 5.82 Å². The molecular formula is C9H7ClF2N4O. The van der Waals surface area contributed by atoms with Crippen molar-refractivity contribution in [3.8, 4) is 5.82 Å². The van der Waals surface area contributed by atoms with Gasteiger partial charge in [-0.05, 0) is 19.1 Å². The van der Waals surface area contributed by atoms with Gasteiger partial charge in [0.05, 0.1) is 0 Å². The summed E-state index contributed by atoms with van der Waals surface area (Å²) in [4.78, 5) is 15.5. The second-order valence-corrected chi connectivity index (χ2v) is 3.60. The van der Waals surface area contributed by atoms with Crippen LogP contribution in [0.25, 0.3) is 5.82 Å². The van der Waals surface area contributed by atoms with E-state index in [2.05, 4.69) is 10.1 Å². The van der Waals surface area contributed by atoms with Gasteiger partial charge in [0, 0.05) is 0 Å². The van der Waals surface area contributed by atoms with Crippen molar-refractivity contribution < 1.29 is 8.78 Å². The van der Waals surface area contributed by atoms with E-state index in [1.807, 2.05) is 0 Å². The molecule has 0 fully saturated rings. The molecule has 0 aliphatic heterocycles. The number of aromatic nitrogens is 4. The van der Waals surface area contributed by atoms with Crippen LogP contribution in [0.2, 0.25) is 5.15 Å². The first-order chi connectivity index (χ1) is 8.00. The van der Waals surface area contributed by atoms with Crippen LogP contribution in [-0.2, 0) is 0 Å². The third-order valence-corrected chi connectivity index (χ3v) is 2.30. The number of aryl methyl sites for hydroxylation is 1. The lowest BCUT2D eigenvalue weighted by Gasteiger charge is -1.99. The predicted molar refractivity (Wildman–Crippen MR) is 56.6 cm³/mol. The van der Waals surface area contributed by atoms with Crippen molar-refractivity contribution in [1.82, 2.24) is 19.3 Å². The molecule has 5 nitrogen and oxygen atoms in total. The number of halogens is 3. The number of hydrogen-bond acceptors (Lipinski definition) is 3. The van der Waals surface area contributed by atoms with Crippen LogP contribution in [0.15, 0.2) is 23.0 Å². The number of pyridine rings is 1. The van der Waals surface area contributed by atoms with Crippen LogP contribution in [0, 0.1) is 6.92 Å². The molecule has 0 unspecified atom stereocenters. The van der Waals surface area contributed by atoms with E-state index in [0.29, 0.717) is 0 Å². The lowest BCUT2D eigenvalue weighted by Crippen LogP contribution is -2.25. The third-order valence-electron chi connectivity index (χ3n) is 2.09.